The molecule has 0 spiro atoms. The molecule has 98 valence electrons. The van der Waals surface area contributed by atoms with Crippen LogP contribution in [0.2, 0.25) is 0 Å². The Morgan fingerprint density at radius 1 is 1.28 bits per heavy atom. The molecule has 0 aliphatic rings. The number of carbonyl (C=O) groups excluding carboxylic acids is 1. The molecule has 18 heavy (non-hydrogen) atoms. The number of hydrogen-bond acceptors (Lipinski definition) is 3. The van der Waals surface area contributed by atoms with Gasteiger partial charge in [-0.2, -0.15) is 10.1 Å². The van der Waals surface area contributed by atoms with E-state index in [1.54, 1.807) is 0 Å². The van der Waals surface area contributed by atoms with Gasteiger partial charge < -0.3 is 4.74 Å². The fourth-order valence-electron chi connectivity index (χ4n) is 1.41. The first-order valence-electron chi connectivity index (χ1n) is 5.81. The summed E-state index contributed by atoms with van der Waals surface area (Å²) in [6.45, 7) is 12.8. The lowest BCUT2D eigenvalue weighted by Crippen LogP contribution is -2.33. The van der Waals surface area contributed by atoms with Crippen LogP contribution in [-0.2, 0) is 4.74 Å². The smallest absolute Gasteiger partial charge is 0.435 e. The number of anilines is 1. The van der Waals surface area contributed by atoms with Gasteiger partial charge in [0.25, 0.3) is 0 Å². The highest BCUT2D eigenvalue weighted by Gasteiger charge is 2.22. The van der Waals surface area contributed by atoms with E-state index in [9.17, 15) is 4.79 Å². The Kier molecular flexibility index (Phi) is 4.11. The molecule has 0 radical (unpaired) electrons. The Labute approximate surface area is 108 Å². The van der Waals surface area contributed by atoms with Gasteiger partial charge in [-0.15, -0.1) is 0 Å². The standard InChI is InChI=1S/C14H20N2O2/c1-10-7-8-12(9-11(10)2)16(15-6)13(17)18-14(3,4)5/h7-9H,6H2,1-5H3. The maximum Gasteiger partial charge on any atom is 0.435 e. The first-order valence-corrected chi connectivity index (χ1v) is 5.81. The van der Waals surface area contributed by atoms with Crippen LogP contribution in [0.4, 0.5) is 10.5 Å². The Balaban J connectivity index is 2.99. The molecule has 0 aliphatic carbocycles. The van der Waals surface area contributed by atoms with Crippen molar-refractivity contribution in [3.05, 3.63) is 29.3 Å². The lowest BCUT2D eigenvalue weighted by Gasteiger charge is -2.24. The molecule has 0 saturated heterocycles. The minimum atomic E-state index is -0.556. The van der Waals surface area contributed by atoms with Crippen molar-refractivity contribution >= 4 is 18.5 Å². The quantitative estimate of drug-likeness (QED) is 0.592. The lowest BCUT2D eigenvalue weighted by atomic mass is 10.1. The monoisotopic (exact) mass is 248 g/mol. The summed E-state index contributed by atoms with van der Waals surface area (Å²) >= 11 is 0. The van der Waals surface area contributed by atoms with Crippen molar-refractivity contribution in [1.29, 1.82) is 0 Å². The van der Waals surface area contributed by atoms with Crippen molar-refractivity contribution in [3.8, 4) is 0 Å². The third-order valence-corrected chi connectivity index (χ3v) is 2.44. The highest BCUT2D eigenvalue weighted by molar-refractivity contribution is 5.87. The number of nitrogens with zero attached hydrogens (tertiary/aromatic N) is 2. The number of carbonyl (C=O) groups is 1. The predicted molar refractivity (Wildman–Crippen MR) is 74.2 cm³/mol. The van der Waals surface area contributed by atoms with Crippen LogP contribution in [0.15, 0.2) is 23.3 Å². The number of benzene rings is 1. The van der Waals surface area contributed by atoms with Crippen LogP contribution in [-0.4, -0.2) is 18.4 Å². The molecular weight excluding hydrogens is 228 g/mol. The molecule has 4 heteroatoms. The highest BCUT2D eigenvalue weighted by atomic mass is 16.6. The molecule has 1 amide bonds. The van der Waals surface area contributed by atoms with Gasteiger partial charge >= 0.3 is 6.09 Å². The van der Waals surface area contributed by atoms with Gasteiger partial charge in [-0.3, -0.25) is 0 Å². The molecule has 0 N–H and O–H groups in total. The van der Waals surface area contributed by atoms with E-state index in [0.29, 0.717) is 5.69 Å². The molecule has 4 nitrogen and oxygen atoms in total. The Morgan fingerprint density at radius 3 is 2.33 bits per heavy atom. The summed E-state index contributed by atoms with van der Waals surface area (Å²) in [7, 11) is 0. The molecule has 0 bridgehead atoms. The minimum absolute atomic E-state index is 0.527. The van der Waals surface area contributed by atoms with E-state index < -0.39 is 11.7 Å². The molecular formula is C14H20N2O2. The van der Waals surface area contributed by atoms with Gasteiger partial charge in [0.05, 0.1) is 5.69 Å². The second-order valence-electron chi connectivity index (χ2n) is 5.20. The van der Waals surface area contributed by atoms with E-state index >= 15 is 0 Å². The minimum Gasteiger partial charge on any atom is -0.442 e. The SMILES string of the molecule is C=NN(C(=O)OC(C)(C)C)c1ccc(C)c(C)c1. The summed E-state index contributed by atoms with van der Waals surface area (Å²) in [6, 6.07) is 5.64. The summed E-state index contributed by atoms with van der Waals surface area (Å²) in [5.41, 5.74) is 2.35. The molecule has 0 heterocycles. The summed E-state index contributed by atoms with van der Waals surface area (Å²) in [5.74, 6) is 0. The topological polar surface area (TPSA) is 41.9 Å². The predicted octanol–water partition coefficient (Wildman–Crippen LogP) is 3.66. The van der Waals surface area contributed by atoms with Crippen molar-refractivity contribution < 1.29 is 9.53 Å². The van der Waals surface area contributed by atoms with E-state index in [1.165, 1.54) is 0 Å². The van der Waals surface area contributed by atoms with E-state index in [0.717, 1.165) is 16.1 Å². The van der Waals surface area contributed by atoms with E-state index in [4.69, 9.17) is 4.74 Å². The molecule has 0 unspecified atom stereocenters. The number of ether oxygens (including phenoxy) is 1. The zero-order valence-electron chi connectivity index (χ0n) is 11.7. The molecule has 1 rings (SSSR count). The largest absolute Gasteiger partial charge is 0.442 e. The summed E-state index contributed by atoms with van der Waals surface area (Å²) in [6.07, 6.45) is -0.527. The average molecular weight is 248 g/mol. The van der Waals surface area contributed by atoms with Crippen LogP contribution < -0.4 is 5.01 Å². The van der Waals surface area contributed by atoms with Crippen LogP contribution in [0.25, 0.3) is 0 Å². The Bertz CT molecular complexity index is 461. The highest BCUT2D eigenvalue weighted by Crippen LogP contribution is 2.21. The number of hydrogen-bond donors (Lipinski definition) is 0. The van der Waals surface area contributed by atoms with Crippen LogP contribution in [0.5, 0.6) is 0 Å². The third kappa shape index (κ3) is 3.58. The van der Waals surface area contributed by atoms with Gasteiger partial charge in [0.1, 0.15) is 5.60 Å². The lowest BCUT2D eigenvalue weighted by molar-refractivity contribution is 0.0581. The zero-order chi connectivity index (χ0) is 13.9. The summed E-state index contributed by atoms with van der Waals surface area (Å²) in [5, 5.41) is 4.89. The summed E-state index contributed by atoms with van der Waals surface area (Å²) < 4.78 is 5.27. The van der Waals surface area contributed by atoms with Crippen LogP contribution >= 0.6 is 0 Å². The normalized spacial score (nSPS) is 10.9. The van der Waals surface area contributed by atoms with Gasteiger partial charge in [0.15, 0.2) is 0 Å². The summed E-state index contributed by atoms with van der Waals surface area (Å²) in [4.78, 5) is 12.0. The van der Waals surface area contributed by atoms with Crippen molar-refractivity contribution in [1.82, 2.24) is 0 Å². The average Bonchev–Trinajstić information content (AvgIpc) is 2.21. The van der Waals surface area contributed by atoms with E-state index in [2.05, 4.69) is 11.8 Å². The van der Waals surface area contributed by atoms with Crippen molar-refractivity contribution in [2.24, 2.45) is 5.10 Å². The molecule has 0 fully saturated rings. The molecule has 0 atom stereocenters. The first-order chi connectivity index (χ1) is 8.24. The molecule has 0 saturated carbocycles. The van der Waals surface area contributed by atoms with E-state index in [1.807, 2.05) is 52.8 Å². The maximum absolute atomic E-state index is 12.0. The van der Waals surface area contributed by atoms with Crippen LogP contribution in [0.3, 0.4) is 0 Å². The molecule has 0 aliphatic heterocycles. The number of hydrazone groups is 1. The van der Waals surface area contributed by atoms with Gasteiger partial charge in [-0.05, 0) is 57.9 Å². The van der Waals surface area contributed by atoms with Gasteiger partial charge in [-0.25, -0.2) is 4.79 Å². The third-order valence-electron chi connectivity index (χ3n) is 2.44. The molecule has 1 aromatic rings. The van der Waals surface area contributed by atoms with Crippen molar-refractivity contribution in [3.63, 3.8) is 0 Å². The van der Waals surface area contributed by atoms with Crippen molar-refractivity contribution in [2.75, 3.05) is 5.01 Å². The van der Waals surface area contributed by atoms with Crippen LogP contribution in [0, 0.1) is 13.8 Å². The van der Waals surface area contributed by atoms with E-state index in [-0.39, 0.29) is 0 Å². The number of amides is 1. The second-order valence-corrected chi connectivity index (χ2v) is 5.20. The van der Waals surface area contributed by atoms with Gasteiger partial charge in [0, 0.05) is 6.72 Å². The number of aryl methyl sites for hydroxylation is 2. The fraction of sp³-hybridized carbons (Fsp3) is 0.429. The molecule has 1 aromatic carbocycles. The maximum atomic E-state index is 12.0. The number of rotatable bonds is 2. The van der Waals surface area contributed by atoms with Gasteiger partial charge in [0.2, 0.25) is 0 Å². The first kappa shape index (κ1) is 14.2. The Morgan fingerprint density at radius 2 is 1.89 bits per heavy atom. The zero-order valence-corrected chi connectivity index (χ0v) is 11.7. The van der Waals surface area contributed by atoms with Crippen LogP contribution in [0.1, 0.15) is 31.9 Å². The second kappa shape index (κ2) is 5.21. The Hall–Kier alpha value is -1.84. The molecule has 0 aromatic heterocycles. The fourth-order valence-corrected chi connectivity index (χ4v) is 1.41. The van der Waals surface area contributed by atoms with Gasteiger partial charge in [-0.1, -0.05) is 6.07 Å². The van der Waals surface area contributed by atoms with Crippen molar-refractivity contribution in [2.45, 2.75) is 40.2 Å².